The zero-order valence-corrected chi connectivity index (χ0v) is 13.5. The number of H-pyrrole nitrogens is 1. The van der Waals surface area contributed by atoms with E-state index < -0.39 is 0 Å². The Hall–Kier alpha value is -3.03. The Bertz CT molecular complexity index is 933. The van der Waals surface area contributed by atoms with Crippen molar-refractivity contribution in [2.75, 3.05) is 6.61 Å². The summed E-state index contributed by atoms with van der Waals surface area (Å²) in [6.45, 7) is 4.01. The number of para-hydroxylation sites is 2. The zero-order chi connectivity index (χ0) is 16.9. The summed E-state index contributed by atoms with van der Waals surface area (Å²) in [5, 5.41) is 10.1. The highest BCUT2D eigenvalue weighted by Crippen LogP contribution is 2.27. The van der Waals surface area contributed by atoms with Crippen LogP contribution in [-0.2, 0) is 0 Å². The molecule has 0 fully saturated rings. The van der Waals surface area contributed by atoms with Gasteiger partial charge in [-0.3, -0.25) is 0 Å². The summed E-state index contributed by atoms with van der Waals surface area (Å²) in [5.74, 6) is 1.14. The molecule has 0 saturated heterocycles. The molecule has 3 rings (SSSR count). The van der Waals surface area contributed by atoms with E-state index in [1.54, 1.807) is 30.4 Å². The second-order valence-corrected chi connectivity index (χ2v) is 5.49. The first-order valence-corrected chi connectivity index (χ1v) is 7.69. The average Bonchev–Trinajstić information content (AvgIpc) is 3.02. The number of hydrogen-bond acceptors (Lipinski definition) is 3. The molecule has 5 heteroatoms. The highest BCUT2D eigenvalue weighted by atomic mass is 35.5. The van der Waals surface area contributed by atoms with Crippen molar-refractivity contribution < 1.29 is 4.74 Å². The molecule has 0 aliphatic rings. The van der Waals surface area contributed by atoms with Crippen LogP contribution in [0.5, 0.6) is 5.75 Å². The number of fused-ring (bicyclic) bond motifs is 1. The quantitative estimate of drug-likeness (QED) is 0.535. The summed E-state index contributed by atoms with van der Waals surface area (Å²) >= 11 is 6.08. The van der Waals surface area contributed by atoms with Crippen LogP contribution < -0.4 is 4.74 Å². The van der Waals surface area contributed by atoms with Crippen LogP contribution in [-0.4, -0.2) is 16.6 Å². The van der Waals surface area contributed by atoms with E-state index in [9.17, 15) is 5.26 Å². The predicted octanol–water partition coefficient (Wildman–Crippen LogP) is 4.85. The van der Waals surface area contributed by atoms with E-state index in [1.807, 2.05) is 24.3 Å². The molecule has 0 amide bonds. The number of allylic oxidation sites excluding steroid dienone is 1. The van der Waals surface area contributed by atoms with Gasteiger partial charge in [-0.05, 0) is 36.4 Å². The number of nitriles is 1. The molecule has 1 heterocycles. The smallest absolute Gasteiger partial charge is 0.149 e. The number of aromatic nitrogens is 2. The van der Waals surface area contributed by atoms with Gasteiger partial charge in [0.25, 0.3) is 0 Å². The van der Waals surface area contributed by atoms with Crippen LogP contribution in [0.2, 0.25) is 5.02 Å². The minimum Gasteiger partial charge on any atom is -0.489 e. The van der Waals surface area contributed by atoms with Crippen LogP contribution in [0.15, 0.2) is 55.1 Å². The molecule has 2 aromatic carbocycles. The third-order valence-corrected chi connectivity index (χ3v) is 3.63. The molecule has 0 aliphatic heterocycles. The Kier molecular flexibility index (Phi) is 4.64. The molecule has 4 nitrogen and oxygen atoms in total. The second-order valence-electron chi connectivity index (χ2n) is 5.05. The number of imidazole rings is 1. The molecule has 1 aromatic heterocycles. The first-order valence-electron chi connectivity index (χ1n) is 7.31. The molecule has 3 aromatic rings. The lowest BCUT2D eigenvalue weighted by atomic mass is 10.1. The Morgan fingerprint density at radius 1 is 1.33 bits per heavy atom. The molecule has 0 saturated carbocycles. The topological polar surface area (TPSA) is 61.7 Å². The summed E-state index contributed by atoms with van der Waals surface area (Å²) in [7, 11) is 0. The lowest BCUT2D eigenvalue weighted by Gasteiger charge is -2.08. The fraction of sp³-hybridized carbons (Fsp3) is 0.0526. The molecule has 0 aliphatic carbocycles. The van der Waals surface area contributed by atoms with Crippen molar-refractivity contribution in [2.45, 2.75) is 0 Å². The maximum atomic E-state index is 9.53. The van der Waals surface area contributed by atoms with Crippen molar-refractivity contribution in [3.8, 4) is 11.8 Å². The number of halogens is 1. The third kappa shape index (κ3) is 3.32. The molecule has 1 N–H and O–H groups in total. The van der Waals surface area contributed by atoms with Gasteiger partial charge in [0.1, 0.15) is 24.3 Å². The SMILES string of the molecule is C=CCOc1ccc(Cl)cc1/C=C(\C#N)c1nc2ccccc2[nH]1. The number of benzene rings is 2. The highest BCUT2D eigenvalue weighted by molar-refractivity contribution is 6.30. The molecule has 0 radical (unpaired) electrons. The molecule has 0 atom stereocenters. The standard InChI is InChI=1S/C19H14ClN3O/c1-2-9-24-18-8-7-15(20)11-13(18)10-14(12-21)19-22-16-5-3-4-6-17(16)23-19/h2-8,10-11H,1,9H2,(H,22,23)/b14-10+. The summed E-state index contributed by atoms with van der Waals surface area (Å²) < 4.78 is 5.62. The highest BCUT2D eigenvalue weighted by Gasteiger charge is 2.10. The molecule has 0 bridgehead atoms. The number of aromatic amines is 1. The van der Waals surface area contributed by atoms with E-state index in [-0.39, 0.29) is 0 Å². The maximum absolute atomic E-state index is 9.53. The van der Waals surface area contributed by atoms with E-state index >= 15 is 0 Å². The lowest BCUT2D eigenvalue weighted by molar-refractivity contribution is 0.362. The van der Waals surface area contributed by atoms with E-state index in [0.29, 0.717) is 34.3 Å². The second kappa shape index (κ2) is 7.03. The van der Waals surface area contributed by atoms with Crippen LogP contribution in [0.25, 0.3) is 22.7 Å². The normalized spacial score (nSPS) is 11.2. The summed E-state index contributed by atoms with van der Waals surface area (Å²) in [6, 6.07) is 15.1. The zero-order valence-electron chi connectivity index (χ0n) is 12.8. The Morgan fingerprint density at radius 2 is 2.17 bits per heavy atom. The van der Waals surface area contributed by atoms with E-state index in [0.717, 1.165) is 11.0 Å². The Morgan fingerprint density at radius 3 is 2.92 bits per heavy atom. The number of hydrogen-bond donors (Lipinski definition) is 1. The summed E-state index contributed by atoms with van der Waals surface area (Å²) in [6.07, 6.45) is 3.37. The first-order chi connectivity index (χ1) is 11.7. The Labute approximate surface area is 144 Å². The van der Waals surface area contributed by atoms with Gasteiger partial charge in [-0.15, -0.1) is 0 Å². The minimum atomic E-state index is 0.370. The molecular formula is C19H14ClN3O. The number of nitrogens with one attached hydrogen (secondary N) is 1. The fourth-order valence-corrected chi connectivity index (χ4v) is 2.48. The van der Waals surface area contributed by atoms with Gasteiger partial charge in [0.15, 0.2) is 0 Å². The van der Waals surface area contributed by atoms with Crippen LogP contribution in [0.1, 0.15) is 11.4 Å². The van der Waals surface area contributed by atoms with Gasteiger partial charge in [0.05, 0.1) is 16.6 Å². The largest absolute Gasteiger partial charge is 0.489 e. The van der Waals surface area contributed by atoms with Gasteiger partial charge in [0.2, 0.25) is 0 Å². The van der Waals surface area contributed by atoms with Crippen LogP contribution in [0.4, 0.5) is 0 Å². The molecule has 0 unspecified atom stereocenters. The summed E-state index contributed by atoms with van der Waals surface area (Å²) in [5.41, 5.74) is 2.80. The fourth-order valence-electron chi connectivity index (χ4n) is 2.30. The van der Waals surface area contributed by atoms with Crippen molar-refractivity contribution in [3.63, 3.8) is 0 Å². The van der Waals surface area contributed by atoms with Gasteiger partial charge in [0, 0.05) is 10.6 Å². The number of nitrogens with zero attached hydrogens (tertiary/aromatic N) is 2. The van der Waals surface area contributed by atoms with Gasteiger partial charge in [-0.1, -0.05) is 36.4 Å². The van der Waals surface area contributed by atoms with Crippen molar-refractivity contribution in [2.24, 2.45) is 0 Å². The van der Waals surface area contributed by atoms with Crippen LogP contribution in [0.3, 0.4) is 0 Å². The average molecular weight is 336 g/mol. The van der Waals surface area contributed by atoms with Crippen molar-refractivity contribution >= 4 is 34.3 Å². The third-order valence-electron chi connectivity index (χ3n) is 3.39. The van der Waals surface area contributed by atoms with E-state index in [1.165, 1.54) is 0 Å². The van der Waals surface area contributed by atoms with E-state index in [4.69, 9.17) is 16.3 Å². The minimum absolute atomic E-state index is 0.370. The molecule has 0 spiro atoms. The van der Waals surface area contributed by atoms with Crippen molar-refractivity contribution in [1.29, 1.82) is 5.26 Å². The summed E-state index contributed by atoms with van der Waals surface area (Å²) in [4.78, 5) is 7.61. The van der Waals surface area contributed by atoms with Crippen molar-refractivity contribution in [3.05, 3.63) is 71.5 Å². The van der Waals surface area contributed by atoms with Gasteiger partial charge in [-0.2, -0.15) is 5.26 Å². The molecular weight excluding hydrogens is 322 g/mol. The molecule has 118 valence electrons. The van der Waals surface area contributed by atoms with E-state index in [2.05, 4.69) is 22.6 Å². The number of ether oxygens (including phenoxy) is 1. The Balaban J connectivity index is 2.06. The predicted molar refractivity (Wildman–Crippen MR) is 96.7 cm³/mol. The van der Waals surface area contributed by atoms with Gasteiger partial charge >= 0.3 is 0 Å². The van der Waals surface area contributed by atoms with Gasteiger partial charge < -0.3 is 9.72 Å². The first kappa shape index (κ1) is 15.9. The van der Waals surface area contributed by atoms with Crippen molar-refractivity contribution in [1.82, 2.24) is 9.97 Å². The van der Waals surface area contributed by atoms with Gasteiger partial charge in [-0.25, -0.2) is 4.98 Å². The van der Waals surface area contributed by atoms with Crippen LogP contribution in [0, 0.1) is 11.3 Å². The maximum Gasteiger partial charge on any atom is 0.149 e. The van der Waals surface area contributed by atoms with Crippen LogP contribution >= 0.6 is 11.6 Å². The monoisotopic (exact) mass is 335 g/mol. The number of rotatable bonds is 5. The lowest BCUT2D eigenvalue weighted by Crippen LogP contribution is -1.95. The molecule has 24 heavy (non-hydrogen) atoms.